The zero-order chi connectivity index (χ0) is 19.5. The smallest absolute Gasteiger partial charge is 0.133 e. The molecule has 2 aromatic rings. The lowest BCUT2D eigenvalue weighted by molar-refractivity contribution is -0.120. The summed E-state index contributed by atoms with van der Waals surface area (Å²) in [7, 11) is 0. The lowest BCUT2D eigenvalue weighted by Gasteiger charge is -2.23. The summed E-state index contributed by atoms with van der Waals surface area (Å²) in [6.07, 6.45) is 2.98. The molecule has 0 heterocycles. The second-order valence-electron chi connectivity index (χ2n) is 5.66. The van der Waals surface area contributed by atoms with Crippen molar-refractivity contribution in [1.29, 1.82) is 0 Å². The fourth-order valence-corrected chi connectivity index (χ4v) is 2.79. The minimum atomic E-state index is -0.577. The summed E-state index contributed by atoms with van der Waals surface area (Å²) in [6.45, 7) is 8.00. The van der Waals surface area contributed by atoms with Gasteiger partial charge in [0, 0.05) is 36.2 Å². The molecule has 0 aromatic heterocycles. The van der Waals surface area contributed by atoms with Gasteiger partial charge >= 0.3 is 0 Å². The molecule has 0 saturated heterocycles. The van der Waals surface area contributed by atoms with Crippen molar-refractivity contribution in [3.8, 4) is 11.1 Å². The first kappa shape index (κ1) is 21.2. The highest BCUT2D eigenvalue weighted by atomic mass is 19.1. The number of carbonyl (C=O) groups excluding carboxylic acids is 2. The van der Waals surface area contributed by atoms with E-state index in [0.717, 1.165) is 24.6 Å². The summed E-state index contributed by atoms with van der Waals surface area (Å²) >= 11 is 0. The minimum Gasteiger partial charge on any atom is -0.382 e. The molecule has 1 aliphatic carbocycles. The van der Waals surface area contributed by atoms with E-state index in [1.165, 1.54) is 12.1 Å². The third-order valence-corrected chi connectivity index (χ3v) is 4.04. The third kappa shape index (κ3) is 5.92. The van der Waals surface area contributed by atoms with E-state index in [-0.39, 0.29) is 0 Å². The first-order valence-corrected chi connectivity index (χ1v) is 8.24. The van der Waals surface area contributed by atoms with Gasteiger partial charge in [-0.3, -0.25) is 4.79 Å². The number of hydrogen-bond acceptors (Lipinski definition) is 3. The van der Waals surface area contributed by atoms with Gasteiger partial charge in [0.05, 0.1) is 0 Å². The van der Waals surface area contributed by atoms with Crippen LogP contribution < -0.4 is 5.32 Å². The molecular weight excluding hydrogens is 336 g/mol. The number of hydrogen-bond donors (Lipinski definition) is 1. The SMILES string of the molecule is C=C.C=O.O=C1CCC(Nc2ccc(-c3ccc(F)cc3F)cc2)CC1. The van der Waals surface area contributed by atoms with E-state index in [0.29, 0.717) is 35.8 Å². The number of carbonyl (C=O) groups is 2. The fraction of sp³-hybridized carbons (Fsp3) is 0.238. The number of benzene rings is 2. The molecule has 0 aliphatic heterocycles. The molecule has 0 spiro atoms. The molecule has 0 radical (unpaired) electrons. The van der Waals surface area contributed by atoms with Gasteiger partial charge in [0.2, 0.25) is 0 Å². The third-order valence-electron chi connectivity index (χ3n) is 4.04. The Morgan fingerprint density at radius 3 is 2.04 bits per heavy atom. The van der Waals surface area contributed by atoms with E-state index in [1.807, 2.05) is 31.1 Å². The van der Waals surface area contributed by atoms with E-state index in [1.54, 1.807) is 0 Å². The van der Waals surface area contributed by atoms with Gasteiger partial charge in [0.1, 0.15) is 24.2 Å². The highest BCUT2D eigenvalue weighted by molar-refractivity contribution is 5.79. The number of anilines is 1. The van der Waals surface area contributed by atoms with Crippen molar-refractivity contribution in [3.63, 3.8) is 0 Å². The quantitative estimate of drug-likeness (QED) is 0.769. The van der Waals surface area contributed by atoms with E-state index in [2.05, 4.69) is 18.5 Å². The first-order valence-electron chi connectivity index (χ1n) is 8.24. The molecule has 1 saturated carbocycles. The molecule has 1 fully saturated rings. The van der Waals surface area contributed by atoms with Crippen molar-refractivity contribution in [2.75, 3.05) is 5.32 Å². The second-order valence-corrected chi connectivity index (χ2v) is 5.66. The van der Waals surface area contributed by atoms with Gasteiger partial charge in [-0.05, 0) is 42.7 Å². The predicted molar refractivity (Wildman–Crippen MR) is 101 cm³/mol. The normalized spacial score (nSPS) is 13.7. The molecule has 0 unspecified atom stereocenters. The summed E-state index contributed by atoms with van der Waals surface area (Å²) in [5, 5.41) is 3.40. The van der Waals surface area contributed by atoms with Crippen molar-refractivity contribution < 1.29 is 18.4 Å². The number of Topliss-reactive ketones (excluding diaryl/α,β-unsaturated/α-hetero) is 1. The van der Waals surface area contributed by atoms with Gasteiger partial charge in [-0.15, -0.1) is 13.2 Å². The van der Waals surface area contributed by atoms with Crippen LogP contribution in [-0.4, -0.2) is 18.6 Å². The van der Waals surface area contributed by atoms with Gasteiger partial charge in [0.25, 0.3) is 0 Å². The Hall–Kier alpha value is -2.82. The van der Waals surface area contributed by atoms with Crippen LogP contribution in [0.25, 0.3) is 11.1 Å². The highest BCUT2D eigenvalue weighted by Gasteiger charge is 2.18. The second kappa shape index (κ2) is 10.9. The average Bonchev–Trinajstić information content (AvgIpc) is 2.68. The topological polar surface area (TPSA) is 46.2 Å². The Balaban J connectivity index is 0.000000791. The maximum absolute atomic E-state index is 13.8. The first-order chi connectivity index (χ1) is 12.6. The van der Waals surface area contributed by atoms with Crippen LogP contribution in [-0.2, 0) is 9.59 Å². The van der Waals surface area contributed by atoms with Crippen molar-refractivity contribution >= 4 is 18.3 Å². The highest BCUT2D eigenvalue weighted by Crippen LogP contribution is 2.26. The molecule has 26 heavy (non-hydrogen) atoms. The molecule has 138 valence electrons. The number of rotatable bonds is 3. The molecule has 1 N–H and O–H groups in total. The van der Waals surface area contributed by atoms with Crippen LogP contribution in [0.5, 0.6) is 0 Å². The molecule has 0 amide bonds. The Morgan fingerprint density at radius 2 is 1.50 bits per heavy atom. The van der Waals surface area contributed by atoms with Crippen LogP contribution in [0.3, 0.4) is 0 Å². The largest absolute Gasteiger partial charge is 0.382 e. The lowest BCUT2D eigenvalue weighted by Crippen LogP contribution is -2.25. The molecule has 5 heteroatoms. The van der Waals surface area contributed by atoms with Crippen LogP contribution in [0.2, 0.25) is 0 Å². The van der Waals surface area contributed by atoms with E-state index in [4.69, 9.17) is 4.79 Å². The van der Waals surface area contributed by atoms with Gasteiger partial charge in [0.15, 0.2) is 0 Å². The maximum atomic E-state index is 13.8. The molecule has 0 atom stereocenters. The van der Waals surface area contributed by atoms with Crippen molar-refractivity contribution in [3.05, 3.63) is 67.3 Å². The zero-order valence-electron chi connectivity index (χ0n) is 14.6. The minimum absolute atomic E-state index is 0.311. The lowest BCUT2D eigenvalue weighted by atomic mass is 9.94. The van der Waals surface area contributed by atoms with Crippen LogP contribution in [0.1, 0.15) is 25.7 Å². The van der Waals surface area contributed by atoms with Gasteiger partial charge in [-0.1, -0.05) is 12.1 Å². The van der Waals surface area contributed by atoms with E-state index >= 15 is 0 Å². The monoisotopic (exact) mass is 359 g/mol. The van der Waals surface area contributed by atoms with Gasteiger partial charge < -0.3 is 10.1 Å². The average molecular weight is 359 g/mol. The summed E-state index contributed by atoms with van der Waals surface area (Å²) in [6, 6.07) is 11.3. The summed E-state index contributed by atoms with van der Waals surface area (Å²) in [4.78, 5) is 19.2. The molecule has 3 nitrogen and oxygen atoms in total. The Kier molecular flexibility index (Phi) is 8.92. The van der Waals surface area contributed by atoms with Crippen molar-refractivity contribution in [2.24, 2.45) is 0 Å². The number of ketones is 1. The van der Waals surface area contributed by atoms with Gasteiger partial charge in [-0.2, -0.15) is 0 Å². The van der Waals surface area contributed by atoms with E-state index in [9.17, 15) is 13.6 Å². The standard InChI is InChI=1S/C18H17F2NO.C2H4.CH2O/c19-13-3-10-17(18(20)11-13)12-1-4-14(5-2-12)21-15-6-8-16(22)9-7-15;2*1-2/h1-5,10-11,15,21H,6-9H2;1-2H2;1H2. The molecule has 1 aliphatic rings. The van der Waals surface area contributed by atoms with Crippen molar-refractivity contribution in [2.45, 2.75) is 31.7 Å². The van der Waals surface area contributed by atoms with Crippen LogP contribution in [0.15, 0.2) is 55.6 Å². The zero-order valence-corrected chi connectivity index (χ0v) is 14.6. The van der Waals surface area contributed by atoms with Crippen LogP contribution >= 0.6 is 0 Å². The van der Waals surface area contributed by atoms with E-state index < -0.39 is 11.6 Å². The molecule has 3 rings (SSSR count). The molecule has 2 aromatic carbocycles. The Morgan fingerprint density at radius 1 is 0.923 bits per heavy atom. The molecular formula is C21H23F2NO2. The predicted octanol–water partition coefficient (Wildman–Crippen LogP) is 5.17. The number of nitrogens with one attached hydrogen (secondary N) is 1. The van der Waals surface area contributed by atoms with Crippen molar-refractivity contribution in [1.82, 2.24) is 0 Å². The maximum Gasteiger partial charge on any atom is 0.133 e. The Labute approximate surface area is 152 Å². The van der Waals surface area contributed by atoms with Gasteiger partial charge in [-0.25, -0.2) is 8.78 Å². The number of halogens is 2. The summed E-state index contributed by atoms with van der Waals surface area (Å²) < 4.78 is 26.7. The van der Waals surface area contributed by atoms with Crippen LogP contribution in [0.4, 0.5) is 14.5 Å². The molecule has 0 bridgehead atoms. The Bertz CT molecular complexity index is 704. The fourth-order valence-electron chi connectivity index (χ4n) is 2.79. The summed E-state index contributed by atoms with van der Waals surface area (Å²) in [5.41, 5.74) is 2.05. The van der Waals surface area contributed by atoms with Crippen LogP contribution in [0, 0.1) is 11.6 Å². The summed E-state index contributed by atoms with van der Waals surface area (Å²) in [5.74, 6) is -0.807.